The van der Waals surface area contributed by atoms with Crippen molar-refractivity contribution in [2.24, 2.45) is 11.8 Å². The van der Waals surface area contributed by atoms with Crippen molar-refractivity contribution in [2.75, 3.05) is 13.1 Å². The SMILES string of the molecule is CCCC(C)CC(NN)C(C)(C)N1CCCC1. The summed E-state index contributed by atoms with van der Waals surface area (Å²) in [5, 5.41) is 0. The van der Waals surface area contributed by atoms with Crippen LogP contribution in [-0.4, -0.2) is 29.6 Å². The fraction of sp³-hybridized carbons (Fsp3) is 1.00. The van der Waals surface area contributed by atoms with Crippen LogP contribution in [0.4, 0.5) is 0 Å². The van der Waals surface area contributed by atoms with Crippen LogP contribution in [0.15, 0.2) is 0 Å². The van der Waals surface area contributed by atoms with Gasteiger partial charge in [-0.05, 0) is 52.1 Å². The van der Waals surface area contributed by atoms with E-state index >= 15 is 0 Å². The van der Waals surface area contributed by atoms with E-state index in [9.17, 15) is 0 Å². The van der Waals surface area contributed by atoms with Crippen LogP contribution < -0.4 is 11.3 Å². The summed E-state index contributed by atoms with van der Waals surface area (Å²) < 4.78 is 0. The van der Waals surface area contributed by atoms with Crippen LogP contribution in [0.2, 0.25) is 0 Å². The molecule has 1 saturated heterocycles. The molecule has 0 amide bonds. The van der Waals surface area contributed by atoms with Crippen LogP contribution in [0.5, 0.6) is 0 Å². The Morgan fingerprint density at radius 3 is 2.35 bits per heavy atom. The summed E-state index contributed by atoms with van der Waals surface area (Å²) in [7, 11) is 0. The second-order valence-corrected chi connectivity index (χ2v) is 6.20. The summed E-state index contributed by atoms with van der Waals surface area (Å²) in [4.78, 5) is 2.59. The third kappa shape index (κ3) is 3.94. The largest absolute Gasteiger partial charge is 0.297 e. The van der Waals surface area contributed by atoms with Crippen LogP contribution >= 0.6 is 0 Å². The van der Waals surface area contributed by atoms with Gasteiger partial charge in [-0.2, -0.15) is 0 Å². The van der Waals surface area contributed by atoms with Gasteiger partial charge in [0.15, 0.2) is 0 Å². The van der Waals surface area contributed by atoms with Gasteiger partial charge < -0.3 is 0 Å². The fourth-order valence-corrected chi connectivity index (χ4v) is 3.09. The minimum absolute atomic E-state index is 0.174. The molecule has 0 aromatic heterocycles. The van der Waals surface area contributed by atoms with Crippen molar-refractivity contribution >= 4 is 0 Å². The number of hydrogen-bond acceptors (Lipinski definition) is 3. The normalized spacial score (nSPS) is 21.7. The maximum absolute atomic E-state index is 5.79. The first-order valence-electron chi connectivity index (χ1n) is 7.23. The number of nitrogens with zero attached hydrogens (tertiary/aromatic N) is 1. The highest BCUT2D eigenvalue weighted by Crippen LogP contribution is 2.28. The van der Waals surface area contributed by atoms with E-state index in [1.807, 2.05) is 0 Å². The molecule has 0 spiro atoms. The molecule has 3 heteroatoms. The van der Waals surface area contributed by atoms with Crippen molar-refractivity contribution in [3.8, 4) is 0 Å². The molecule has 0 aromatic carbocycles. The zero-order valence-electron chi connectivity index (χ0n) is 12.1. The first kappa shape index (κ1) is 14.9. The summed E-state index contributed by atoms with van der Waals surface area (Å²) in [5.74, 6) is 6.55. The Labute approximate surface area is 107 Å². The lowest BCUT2D eigenvalue weighted by Gasteiger charge is -2.42. The van der Waals surface area contributed by atoms with E-state index < -0.39 is 0 Å². The molecule has 2 unspecified atom stereocenters. The molecule has 1 aliphatic heterocycles. The summed E-state index contributed by atoms with van der Waals surface area (Å²) >= 11 is 0. The van der Waals surface area contributed by atoms with Crippen molar-refractivity contribution in [3.05, 3.63) is 0 Å². The molecule has 3 N–H and O–H groups in total. The highest BCUT2D eigenvalue weighted by Gasteiger charge is 2.36. The number of rotatable bonds is 7. The van der Waals surface area contributed by atoms with Gasteiger partial charge in [0.1, 0.15) is 0 Å². The topological polar surface area (TPSA) is 41.3 Å². The van der Waals surface area contributed by atoms with E-state index in [4.69, 9.17) is 5.84 Å². The molecule has 1 fully saturated rings. The fourth-order valence-electron chi connectivity index (χ4n) is 3.09. The lowest BCUT2D eigenvalue weighted by Crippen LogP contribution is -2.59. The zero-order chi connectivity index (χ0) is 12.9. The highest BCUT2D eigenvalue weighted by atomic mass is 15.3. The zero-order valence-corrected chi connectivity index (χ0v) is 12.1. The Morgan fingerprint density at radius 1 is 1.29 bits per heavy atom. The van der Waals surface area contributed by atoms with Gasteiger partial charge >= 0.3 is 0 Å². The van der Waals surface area contributed by atoms with Crippen LogP contribution in [0.1, 0.15) is 59.8 Å². The summed E-state index contributed by atoms with van der Waals surface area (Å²) in [6, 6.07) is 0.391. The van der Waals surface area contributed by atoms with E-state index in [2.05, 4.69) is 38.0 Å². The maximum atomic E-state index is 5.79. The van der Waals surface area contributed by atoms with Gasteiger partial charge in [-0.15, -0.1) is 0 Å². The molecule has 17 heavy (non-hydrogen) atoms. The van der Waals surface area contributed by atoms with E-state index in [0.29, 0.717) is 6.04 Å². The van der Waals surface area contributed by atoms with Crippen LogP contribution in [-0.2, 0) is 0 Å². The Morgan fingerprint density at radius 2 is 1.88 bits per heavy atom. The predicted molar refractivity (Wildman–Crippen MR) is 74.7 cm³/mol. The highest BCUT2D eigenvalue weighted by molar-refractivity contribution is 4.94. The molecule has 1 aliphatic rings. The van der Waals surface area contributed by atoms with E-state index in [-0.39, 0.29) is 5.54 Å². The number of likely N-dealkylation sites (tertiary alicyclic amines) is 1. The van der Waals surface area contributed by atoms with Gasteiger partial charge in [-0.25, -0.2) is 0 Å². The molecule has 102 valence electrons. The average molecular weight is 241 g/mol. The molecular weight excluding hydrogens is 210 g/mol. The quantitative estimate of drug-likeness (QED) is 0.531. The van der Waals surface area contributed by atoms with Crippen molar-refractivity contribution in [1.82, 2.24) is 10.3 Å². The average Bonchev–Trinajstić information content (AvgIpc) is 2.80. The standard InChI is InChI=1S/C14H31N3/c1-5-8-12(2)11-13(16-15)14(3,4)17-9-6-7-10-17/h12-13,16H,5-11,15H2,1-4H3. The molecule has 0 aromatic rings. The van der Waals surface area contributed by atoms with Gasteiger partial charge in [-0.3, -0.25) is 16.2 Å². The lowest BCUT2D eigenvalue weighted by molar-refractivity contribution is 0.0942. The Balaban J connectivity index is 2.57. The van der Waals surface area contributed by atoms with Crippen molar-refractivity contribution in [3.63, 3.8) is 0 Å². The Kier molecular flexibility index (Phi) is 5.90. The van der Waals surface area contributed by atoms with E-state index in [1.165, 1.54) is 45.2 Å². The van der Waals surface area contributed by atoms with Crippen LogP contribution in [0.25, 0.3) is 0 Å². The Hall–Kier alpha value is -0.120. The minimum Gasteiger partial charge on any atom is -0.297 e. The minimum atomic E-state index is 0.174. The van der Waals surface area contributed by atoms with E-state index in [0.717, 1.165) is 5.92 Å². The van der Waals surface area contributed by atoms with Gasteiger partial charge in [0.25, 0.3) is 0 Å². The summed E-state index contributed by atoms with van der Waals surface area (Å²) in [5.41, 5.74) is 3.24. The van der Waals surface area contributed by atoms with Crippen molar-refractivity contribution in [1.29, 1.82) is 0 Å². The van der Waals surface area contributed by atoms with Crippen LogP contribution in [0.3, 0.4) is 0 Å². The number of nitrogens with one attached hydrogen (secondary N) is 1. The molecule has 3 nitrogen and oxygen atoms in total. The molecular formula is C14H31N3. The van der Waals surface area contributed by atoms with Gasteiger partial charge in [-0.1, -0.05) is 26.7 Å². The third-order valence-corrected chi connectivity index (χ3v) is 4.39. The Bertz CT molecular complexity index is 210. The first-order chi connectivity index (χ1) is 8.02. The molecule has 0 bridgehead atoms. The number of hydrogen-bond donors (Lipinski definition) is 2. The number of nitrogens with two attached hydrogens (primary N) is 1. The van der Waals surface area contributed by atoms with Gasteiger partial charge in [0, 0.05) is 11.6 Å². The second kappa shape index (κ2) is 6.72. The molecule has 1 heterocycles. The van der Waals surface area contributed by atoms with Crippen LogP contribution in [0, 0.1) is 5.92 Å². The molecule has 0 radical (unpaired) electrons. The summed E-state index contributed by atoms with van der Waals surface area (Å²) in [6.45, 7) is 11.7. The smallest absolute Gasteiger partial charge is 0.0391 e. The van der Waals surface area contributed by atoms with Gasteiger partial charge in [0.2, 0.25) is 0 Å². The van der Waals surface area contributed by atoms with E-state index in [1.54, 1.807) is 0 Å². The van der Waals surface area contributed by atoms with Crippen molar-refractivity contribution < 1.29 is 0 Å². The van der Waals surface area contributed by atoms with Gasteiger partial charge in [0.05, 0.1) is 0 Å². The lowest BCUT2D eigenvalue weighted by atomic mass is 9.85. The molecule has 2 atom stereocenters. The maximum Gasteiger partial charge on any atom is 0.0391 e. The molecule has 1 rings (SSSR count). The second-order valence-electron chi connectivity index (χ2n) is 6.20. The third-order valence-electron chi connectivity index (χ3n) is 4.39. The predicted octanol–water partition coefficient (Wildman–Crippen LogP) is 2.52. The number of hydrazine groups is 1. The molecule has 0 aliphatic carbocycles. The first-order valence-corrected chi connectivity index (χ1v) is 7.23. The van der Waals surface area contributed by atoms with Crippen molar-refractivity contribution in [2.45, 2.75) is 71.4 Å². The molecule has 0 saturated carbocycles. The monoisotopic (exact) mass is 241 g/mol. The summed E-state index contributed by atoms with van der Waals surface area (Å²) in [6.07, 6.45) is 6.42.